The number of benzene rings is 2. The Hall–Kier alpha value is -3.43. The summed E-state index contributed by atoms with van der Waals surface area (Å²) >= 11 is 0. The maximum atomic E-state index is 14.2. The van der Waals surface area contributed by atoms with Crippen LogP contribution in [0, 0.1) is 5.82 Å². The summed E-state index contributed by atoms with van der Waals surface area (Å²) in [6, 6.07) is 10.6. The van der Waals surface area contributed by atoms with Gasteiger partial charge < -0.3 is 5.32 Å². The third kappa shape index (κ3) is 3.08. The summed E-state index contributed by atoms with van der Waals surface area (Å²) in [7, 11) is 1.89. The van der Waals surface area contributed by atoms with Crippen LogP contribution < -0.4 is 10.8 Å². The van der Waals surface area contributed by atoms with Crippen LogP contribution >= 0.6 is 0 Å². The number of carbonyl (C=O) groups is 1. The smallest absolute Gasteiger partial charge is 0.185 e. The Morgan fingerprint density at radius 1 is 1.27 bits per heavy atom. The van der Waals surface area contributed by atoms with Gasteiger partial charge in [-0.05, 0) is 30.3 Å². The largest absolute Gasteiger partial charge is 0.316 e. The summed E-state index contributed by atoms with van der Waals surface area (Å²) in [5.41, 5.74) is 6.70. The fourth-order valence-corrected chi connectivity index (χ4v) is 4.02. The number of rotatable bonds is 4. The second kappa shape index (κ2) is 7.43. The summed E-state index contributed by atoms with van der Waals surface area (Å²) in [4.78, 5) is 27.4. The van der Waals surface area contributed by atoms with E-state index in [9.17, 15) is 9.18 Å². The Morgan fingerprint density at radius 2 is 2.10 bits per heavy atom. The zero-order valence-electron chi connectivity index (χ0n) is 16.1. The molecule has 5 rings (SSSR count). The number of aromatic nitrogens is 3. The highest BCUT2D eigenvalue weighted by Gasteiger charge is 2.40. The van der Waals surface area contributed by atoms with Gasteiger partial charge in [-0.3, -0.25) is 25.2 Å². The number of ketones is 1. The average Bonchev–Trinajstić information content (AvgIpc) is 3.22. The van der Waals surface area contributed by atoms with Crippen molar-refractivity contribution in [2.45, 2.75) is 18.6 Å². The molecule has 0 spiro atoms. The third-order valence-electron chi connectivity index (χ3n) is 5.36. The molecule has 2 atom stereocenters. The molecule has 0 amide bonds. The zero-order chi connectivity index (χ0) is 20.7. The van der Waals surface area contributed by atoms with Crippen molar-refractivity contribution in [1.82, 2.24) is 20.5 Å². The first-order valence-electron chi connectivity index (χ1n) is 9.57. The number of hydrogen-bond acceptors (Lipinski definition) is 7. The maximum Gasteiger partial charge on any atom is 0.185 e. The van der Waals surface area contributed by atoms with Crippen molar-refractivity contribution in [3.63, 3.8) is 0 Å². The summed E-state index contributed by atoms with van der Waals surface area (Å²) < 4.78 is 14.2. The van der Waals surface area contributed by atoms with Gasteiger partial charge in [0.15, 0.2) is 5.78 Å². The number of H-pyrrole nitrogens is 1. The lowest BCUT2D eigenvalue weighted by Gasteiger charge is -2.25. The second-order valence-corrected chi connectivity index (χ2v) is 7.26. The summed E-state index contributed by atoms with van der Waals surface area (Å²) in [6.07, 6.45) is 0.888. The highest BCUT2D eigenvalue weighted by Crippen LogP contribution is 2.42. The van der Waals surface area contributed by atoms with Gasteiger partial charge in [0.1, 0.15) is 30.6 Å². The topological polar surface area (TPSA) is 104 Å². The molecule has 3 N–H and O–H groups in total. The minimum absolute atomic E-state index is 0.0519. The van der Waals surface area contributed by atoms with Crippen molar-refractivity contribution in [1.29, 1.82) is 0 Å². The molecule has 8 nitrogen and oxygen atoms in total. The lowest BCUT2D eigenvalue weighted by molar-refractivity contribution is 0.0930. The van der Waals surface area contributed by atoms with Gasteiger partial charge in [-0.2, -0.15) is 5.10 Å². The molecule has 0 bridgehead atoms. The fraction of sp³-hybridized carbons (Fsp3) is 0.238. The molecule has 30 heavy (non-hydrogen) atoms. The van der Waals surface area contributed by atoms with Gasteiger partial charge in [-0.25, -0.2) is 9.37 Å². The van der Waals surface area contributed by atoms with Crippen LogP contribution in [-0.2, 0) is 11.4 Å². The highest BCUT2D eigenvalue weighted by molar-refractivity contribution is 6.20. The van der Waals surface area contributed by atoms with Crippen LogP contribution in [0.4, 0.5) is 10.1 Å². The van der Waals surface area contributed by atoms with E-state index in [2.05, 4.69) is 31.0 Å². The third-order valence-corrected chi connectivity index (χ3v) is 5.36. The standard InChI is InChI=1S/C21H19FN6O2/c1-23-8-11-2-4-12(5-3-11)20-18(21-25-10-26-27-21)19-17-14(16(29)9-24-19)6-13(22)7-15(17)28-30-20/h2-7,10,18,20,23,28H,8-9H2,1H3,(H,25,26,27). The van der Waals surface area contributed by atoms with E-state index < -0.39 is 17.8 Å². The lowest BCUT2D eigenvalue weighted by atomic mass is 9.83. The van der Waals surface area contributed by atoms with Gasteiger partial charge in [0.05, 0.1) is 17.3 Å². The number of hydrogen-bond donors (Lipinski definition) is 3. The SMILES string of the molecule is CNCc1ccc(C2ONc3cc(F)cc4c3C(=NCC4=O)C2c2ncn[nH]2)cc1. The van der Waals surface area contributed by atoms with Crippen molar-refractivity contribution >= 4 is 17.2 Å². The monoisotopic (exact) mass is 406 g/mol. The molecule has 3 aromatic rings. The number of anilines is 1. The number of aromatic amines is 1. The molecule has 1 aromatic heterocycles. The van der Waals surface area contributed by atoms with Gasteiger partial charge in [-0.15, -0.1) is 0 Å². The van der Waals surface area contributed by atoms with Gasteiger partial charge in [0, 0.05) is 17.7 Å². The predicted molar refractivity (Wildman–Crippen MR) is 108 cm³/mol. The van der Waals surface area contributed by atoms with Crippen molar-refractivity contribution in [3.8, 4) is 0 Å². The first kappa shape index (κ1) is 18.6. The molecule has 2 aromatic carbocycles. The van der Waals surface area contributed by atoms with E-state index in [0.29, 0.717) is 28.4 Å². The van der Waals surface area contributed by atoms with Crippen molar-refractivity contribution in [2.75, 3.05) is 19.1 Å². The minimum atomic E-state index is -0.531. The van der Waals surface area contributed by atoms with E-state index in [0.717, 1.165) is 17.7 Å². The van der Waals surface area contributed by atoms with Gasteiger partial charge >= 0.3 is 0 Å². The Kier molecular flexibility index (Phi) is 4.61. The average molecular weight is 406 g/mol. The van der Waals surface area contributed by atoms with E-state index in [4.69, 9.17) is 4.84 Å². The fourth-order valence-electron chi connectivity index (χ4n) is 4.02. The number of aliphatic imine (C=N–C) groups is 1. The zero-order valence-corrected chi connectivity index (χ0v) is 16.1. The van der Waals surface area contributed by atoms with E-state index in [1.54, 1.807) is 0 Å². The van der Waals surface area contributed by atoms with E-state index in [1.807, 2.05) is 31.3 Å². The second-order valence-electron chi connectivity index (χ2n) is 7.26. The van der Waals surface area contributed by atoms with Crippen LogP contribution in [0.2, 0.25) is 0 Å². The lowest BCUT2D eigenvalue weighted by Crippen LogP contribution is -2.28. The van der Waals surface area contributed by atoms with Gasteiger partial charge in [0.2, 0.25) is 0 Å². The molecule has 2 aliphatic rings. The Balaban J connectivity index is 1.66. The normalized spacial score (nSPS) is 20.2. The number of halogens is 1. The van der Waals surface area contributed by atoms with Crippen molar-refractivity contribution in [2.24, 2.45) is 4.99 Å². The molecule has 9 heteroatoms. The summed E-state index contributed by atoms with van der Waals surface area (Å²) in [6.45, 7) is 0.697. The molecule has 0 saturated carbocycles. The molecule has 2 aliphatic heterocycles. The first-order chi connectivity index (χ1) is 14.7. The van der Waals surface area contributed by atoms with Crippen molar-refractivity contribution < 1.29 is 14.0 Å². The number of nitrogens with one attached hydrogen (secondary N) is 3. The minimum Gasteiger partial charge on any atom is -0.316 e. The molecule has 2 unspecified atom stereocenters. The van der Waals surface area contributed by atoms with Gasteiger partial charge in [-0.1, -0.05) is 24.3 Å². The Morgan fingerprint density at radius 3 is 2.83 bits per heavy atom. The van der Waals surface area contributed by atoms with Crippen LogP contribution in [0.5, 0.6) is 0 Å². The predicted octanol–water partition coefficient (Wildman–Crippen LogP) is 2.53. The van der Waals surface area contributed by atoms with Gasteiger partial charge in [0.25, 0.3) is 0 Å². The molecule has 0 aliphatic carbocycles. The molecule has 0 saturated heterocycles. The molecule has 0 radical (unpaired) electrons. The Labute approximate surface area is 171 Å². The van der Waals surface area contributed by atoms with Crippen LogP contribution in [0.25, 0.3) is 0 Å². The highest BCUT2D eigenvalue weighted by atomic mass is 19.1. The van der Waals surface area contributed by atoms with Crippen LogP contribution in [-0.4, -0.2) is 40.3 Å². The van der Waals surface area contributed by atoms with E-state index >= 15 is 0 Å². The number of Topliss-reactive ketones (excluding diaryl/α,β-unsaturated/α-hetero) is 1. The quantitative estimate of drug-likeness (QED) is 0.615. The number of carbonyl (C=O) groups excluding carboxylic acids is 1. The van der Waals surface area contributed by atoms with Crippen LogP contribution in [0.15, 0.2) is 47.7 Å². The molecular formula is C21H19FN6O2. The van der Waals surface area contributed by atoms with Crippen LogP contribution in [0.3, 0.4) is 0 Å². The Bertz CT molecular complexity index is 1130. The molecule has 152 valence electrons. The molecular weight excluding hydrogens is 387 g/mol. The van der Waals surface area contributed by atoms with E-state index in [1.165, 1.54) is 18.5 Å². The summed E-state index contributed by atoms with van der Waals surface area (Å²) in [5, 5.41) is 10.0. The van der Waals surface area contributed by atoms with Crippen LogP contribution in [0.1, 0.15) is 44.9 Å². The molecule has 0 fully saturated rings. The molecule has 3 heterocycles. The number of nitrogens with zero attached hydrogens (tertiary/aromatic N) is 3. The first-order valence-corrected chi connectivity index (χ1v) is 9.57. The maximum absolute atomic E-state index is 14.2. The summed E-state index contributed by atoms with van der Waals surface area (Å²) in [5.74, 6) is -0.658. The van der Waals surface area contributed by atoms with E-state index in [-0.39, 0.29) is 12.3 Å². The van der Waals surface area contributed by atoms with Crippen molar-refractivity contribution in [3.05, 3.63) is 76.6 Å².